The van der Waals surface area contributed by atoms with Crippen molar-refractivity contribution in [2.24, 2.45) is 28.1 Å². The summed E-state index contributed by atoms with van der Waals surface area (Å²) < 4.78 is 0. The van der Waals surface area contributed by atoms with Crippen LogP contribution in [0.2, 0.25) is 13.1 Å². The van der Waals surface area contributed by atoms with Crippen LogP contribution < -0.4 is 0 Å². The van der Waals surface area contributed by atoms with Crippen molar-refractivity contribution in [3.05, 3.63) is 28.5 Å². The van der Waals surface area contributed by atoms with Crippen LogP contribution in [0, 0.1) is 34.2 Å². The number of allylic oxidation sites excluding steroid dienone is 4. The molecule has 155 valence electrons. The summed E-state index contributed by atoms with van der Waals surface area (Å²) in [5, 5.41) is 0. The summed E-state index contributed by atoms with van der Waals surface area (Å²) in [6, 6.07) is 0. The molecule has 0 heterocycles. The second kappa shape index (κ2) is 9.35. The molecule has 5 rings (SSSR count). The Balaban J connectivity index is 0.000000261. The summed E-state index contributed by atoms with van der Waals surface area (Å²) in [5.74, 6) is 1.01. The number of hydrogen-bond donors (Lipinski definition) is 0. The summed E-state index contributed by atoms with van der Waals surface area (Å²) in [6.45, 7) is 17.8. The minimum absolute atomic E-state index is 0. The molecule has 4 heteroatoms. The molecule has 1 radical (unpaired) electrons. The van der Waals surface area contributed by atoms with Gasteiger partial charge >= 0.3 is 21.7 Å². The van der Waals surface area contributed by atoms with Gasteiger partial charge in [-0.25, -0.2) is 5.57 Å². The molecular formula is C24H40NOSiTi. The standard InChI is InChI=1S/C13H21NO.C9H13.C2H7Si.Ti/c1-11-3-9-4-12(2,6-11)8-13(5-9,7-11)10(14)15;1-6-5-7(2)9(4)8(6)3;1-3-2;/h9H,3-8H2,1-2H3,(H2,14,15);6H,1-4H3;3H,1-2H3;/q;-1;;+2/p-1. The quantitative estimate of drug-likeness (QED) is 0.330. The molecule has 5 aliphatic rings. The molecule has 0 aliphatic heterocycles. The Bertz CT molecular complexity index is 635. The van der Waals surface area contributed by atoms with Crippen LogP contribution in [0.1, 0.15) is 80.1 Å². The predicted molar refractivity (Wildman–Crippen MR) is 118 cm³/mol. The Labute approximate surface area is 191 Å². The van der Waals surface area contributed by atoms with Crippen molar-refractivity contribution in [2.75, 3.05) is 0 Å². The van der Waals surface area contributed by atoms with Crippen LogP contribution in [0.5, 0.6) is 0 Å². The average molecular weight is 435 g/mol. The average Bonchev–Trinajstić information content (AvgIpc) is 2.71. The molecule has 3 atom stereocenters. The molecule has 0 spiro atoms. The van der Waals surface area contributed by atoms with Crippen molar-refractivity contribution < 1.29 is 26.5 Å². The molecule has 1 amide bonds. The Hall–Kier alpha value is -0.119. The first-order valence-corrected chi connectivity index (χ1v) is 13.0. The van der Waals surface area contributed by atoms with Gasteiger partial charge in [0.05, 0.1) is 5.91 Å². The first-order chi connectivity index (χ1) is 12.4. The molecule has 0 aromatic rings. The maximum atomic E-state index is 11.6. The van der Waals surface area contributed by atoms with Gasteiger partial charge in [-0.05, 0) is 55.3 Å². The molecule has 4 saturated carbocycles. The molecule has 0 saturated heterocycles. The number of hydrogen-bond acceptors (Lipinski definition) is 1. The SMILES string of the molecule is CC12CC3CC(C)(C1)CC(C([NH-])=O)(C3)C2.CC1=[C-]C(C)C(C)=C1C.C[SiH]C.[Ti+2]. The molecule has 4 fully saturated rings. The van der Waals surface area contributed by atoms with Crippen LogP contribution in [-0.2, 0) is 26.5 Å². The summed E-state index contributed by atoms with van der Waals surface area (Å²) in [7, 11) is 0.750. The summed E-state index contributed by atoms with van der Waals surface area (Å²) in [6.07, 6.45) is 10.3. The normalized spacial score (nSPS) is 39.9. The maximum Gasteiger partial charge on any atom is 2.00 e. The minimum atomic E-state index is -0.274. The van der Waals surface area contributed by atoms with E-state index in [-0.39, 0.29) is 33.0 Å². The molecule has 5 aliphatic carbocycles. The summed E-state index contributed by atoms with van der Waals surface area (Å²) in [5.41, 5.74) is 12.3. The number of nitrogens with one attached hydrogen (secondary N) is 1. The molecular weight excluding hydrogens is 394 g/mol. The Kier molecular flexibility index (Phi) is 8.66. The molecule has 0 aromatic carbocycles. The smallest absolute Gasteiger partial charge is 0.667 e. The Morgan fingerprint density at radius 3 is 1.75 bits per heavy atom. The van der Waals surface area contributed by atoms with Gasteiger partial charge in [0.2, 0.25) is 0 Å². The van der Waals surface area contributed by atoms with E-state index in [9.17, 15) is 4.79 Å². The van der Waals surface area contributed by atoms with Gasteiger partial charge in [0, 0.05) is 14.9 Å². The third kappa shape index (κ3) is 5.32. The van der Waals surface area contributed by atoms with E-state index in [0.29, 0.717) is 16.7 Å². The molecule has 3 unspecified atom stereocenters. The van der Waals surface area contributed by atoms with E-state index < -0.39 is 0 Å². The van der Waals surface area contributed by atoms with Crippen molar-refractivity contribution in [2.45, 2.75) is 93.2 Å². The Morgan fingerprint density at radius 1 is 1.04 bits per heavy atom. The predicted octanol–water partition coefficient (Wildman–Crippen LogP) is 6.80. The van der Waals surface area contributed by atoms with Gasteiger partial charge in [0.25, 0.3) is 0 Å². The van der Waals surface area contributed by atoms with Crippen LogP contribution in [0.3, 0.4) is 0 Å². The van der Waals surface area contributed by atoms with Crippen molar-refractivity contribution in [1.82, 2.24) is 0 Å². The second-order valence-electron chi connectivity index (χ2n) is 10.6. The van der Waals surface area contributed by atoms with E-state index >= 15 is 0 Å². The van der Waals surface area contributed by atoms with E-state index in [1.807, 2.05) is 0 Å². The fourth-order valence-corrected chi connectivity index (χ4v) is 6.86. The third-order valence-corrected chi connectivity index (χ3v) is 7.34. The van der Waals surface area contributed by atoms with E-state index in [2.05, 4.69) is 60.7 Å². The first kappa shape index (κ1) is 25.9. The molecule has 4 bridgehead atoms. The van der Waals surface area contributed by atoms with Crippen molar-refractivity contribution >= 4 is 15.4 Å². The summed E-state index contributed by atoms with van der Waals surface area (Å²) in [4.78, 5) is 11.6. The zero-order chi connectivity index (χ0) is 20.6. The Morgan fingerprint density at radius 2 is 1.50 bits per heavy atom. The van der Waals surface area contributed by atoms with Crippen LogP contribution in [0.25, 0.3) is 5.73 Å². The van der Waals surface area contributed by atoms with E-state index in [1.54, 1.807) is 0 Å². The van der Waals surface area contributed by atoms with Gasteiger partial charge < -0.3 is 10.5 Å². The van der Waals surface area contributed by atoms with Gasteiger partial charge in [0.1, 0.15) is 0 Å². The second-order valence-corrected chi connectivity index (χ2v) is 11.8. The van der Waals surface area contributed by atoms with Gasteiger partial charge in [0.15, 0.2) is 0 Å². The zero-order valence-electron chi connectivity index (χ0n) is 19.4. The van der Waals surface area contributed by atoms with Crippen LogP contribution in [-0.4, -0.2) is 15.4 Å². The number of carbonyl (C=O) groups is 1. The molecule has 0 aromatic heterocycles. The molecule has 28 heavy (non-hydrogen) atoms. The third-order valence-electron chi connectivity index (χ3n) is 7.34. The summed E-state index contributed by atoms with van der Waals surface area (Å²) >= 11 is 0. The largest absolute Gasteiger partial charge is 2.00 e. The molecule has 1 N–H and O–H groups in total. The molecule has 2 nitrogen and oxygen atoms in total. The van der Waals surface area contributed by atoms with Crippen LogP contribution in [0.4, 0.5) is 0 Å². The van der Waals surface area contributed by atoms with E-state index in [4.69, 9.17) is 5.73 Å². The van der Waals surface area contributed by atoms with Gasteiger partial charge in [-0.2, -0.15) is 11.1 Å². The van der Waals surface area contributed by atoms with E-state index in [1.165, 1.54) is 36.0 Å². The fraction of sp³-hybridized carbons (Fsp3) is 0.792. The van der Waals surface area contributed by atoms with Crippen molar-refractivity contribution in [3.8, 4) is 0 Å². The first-order valence-electron chi connectivity index (χ1n) is 10.7. The van der Waals surface area contributed by atoms with Gasteiger partial charge in [-0.3, -0.25) is 6.08 Å². The van der Waals surface area contributed by atoms with Crippen molar-refractivity contribution in [1.29, 1.82) is 0 Å². The fourth-order valence-electron chi connectivity index (χ4n) is 6.86. The zero-order valence-corrected chi connectivity index (χ0v) is 22.1. The van der Waals surface area contributed by atoms with Crippen LogP contribution >= 0.6 is 0 Å². The topological polar surface area (TPSA) is 40.9 Å². The minimum Gasteiger partial charge on any atom is -0.667 e. The number of carbonyl (C=O) groups excluding carboxylic acids is 1. The number of rotatable bonds is 1. The van der Waals surface area contributed by atoms with Crippen LogP contribution in [0.15, 0.2) is 16.7 Å². The monoisotopic (exact) mass is 434 g/mol. The van der Waals surface area contributed by atoms with Gasteiger partial charge in [-0.15, -0.1) is 6.92 Å². The number of amides is 1. The van der Waals surface area contributed by atoms with E-state index in [0.717, 1.165) is 34.7 Å². The van der Waals surface area contributed by atoms with Crippen molar-refractivity contribution in [3.63, 3.8) is 0 Å². The van der Waals surface area contributed by atoms with Gasteiger partial charge in [-0.1, -0.05) is 53.6 Å². The maximum absolute atomic E-state index is 11.6.